The Labute approximate surface area is 125 Å². The third-order valence-corrected chi connectivity index (χ3v) is 2.53. The predicted molar refractivity (Wildman–Crippen MR) is 78.6 cm³/mol. The maximum Gasteiger partial charge on any atom is 0.408 e. The number of hydrogen-bond donors (Lipinski definition) is 2. The van der Waals surface area contributed by atoms with Crippen molar-refractivity contribution in [2.75, 3.05) is 0 Å². The molecule has 0 heterocycles. The van der Waals surface area contributed by atoms with Crippen LogP contribution in [0.25, 0.3) is 0 Å². The molecular formula is C15H26FNO4. The van der Waals surface area contributed by atoms with E-state index in [2.05, 4.69) is 5.32 Å². The van der Waals surface area contributed by atoms with Gasteiger partial charge in [0, 0.05) is 0 Å². The second-order valence-corrected chi connectivity index (χ2v) is 6.51. The Hall–Kier alpha value is -1.59. The van der Waals surface area contributed by atoms with E-state index >= 15 is 0 Å². The minimum atomic E-state index is -1.12. The lowest BCUT2D eigenvalue weighted by Crippen LogP contribution is -2.40. The molecular weight excluding hydrogens is 277 g/mol. The number of hydrogen-bond acceptors (Lipinski definition) is 3. The number of carbonyl (C=O) groups excluding carboxylic acids is 1. The van der Waals surface area contributed by atoms with Crippen LogP contribution in [0.2, 0.25) is 0 Å². The van der Waals surface area contributed by atoms with Crippen LogP contribution in [0.5, 0.6) is 0 Å². The number of rotatable bonds is 6. The summed E-state index contributed by atoms with van der Waals surface area (Å²) < 4.78 is 19.3. The molecule has 5 nitrogen and oxygen atoms in total. The molecule has 0 rings (SSSR count). The molecule has 2 N–H and O–H groups in total. The van der Waals surface area contributed by atoms with Gasteiger partial charge >= 0.3 is 12.1 Å². The first-order valence-corrected chi connectivity index (χ1v) is 7.02. The van der Waals surface area contributed by atoms with Gasteiger partial charge in [-0.15, -0.1) is 0 Å². The molecule has 0 fully saturated rings. The Morgan fingerprint density at radius 3 is 2.19 bits per heavy atom. The third kappa shape index (κ3) is 9.05. The minimum absolute atomic E-state index is 0.129. The van der Waals surface area contributed by atoms with E-state index in [0.717, 1.165) is 6.08 Å². The highest BCUT2D eigenvalue weighted by Crippen LogP contribution is 2.17. The molecule has 0 aliphatic carbocycles. The number of carbonyl (C=O) groups is 2. The van der Waals surface area contributed by atoms with Crippen molar-refractivity contribution in [3.05, 3.63) is 11.9 Å². The molecule has 0 spiro atoms. The van der Waals surface area contributed by atoms with Crippen molar-refractivity contribution in [2.24, 2.45) is 11.8 Å². The maximum atomic E-state index is 14.2. The zero-order valence-corrected chi connectivity index (χ0v) is 13.6. The number of carboxylic acids is 1. The number of amides is 1. The molecule has 0 bridgehead atoms. The van der Waals surface area contributed by atoms with E-state index in [-0.39, 0.29) is 5.92 Å². The molecule has 21 heavy (non-hydrogen) atoms. The molecule has 1 amide bonds. The lowest BCUT2D eigenvalue weighted by Gasteiger charge is -2.24. The van der Waals surface area contributed by atoms with Crippen molar-refractivity contribution in [2.45, 2.75) is 59.6 Å². The molecule has 0 radical (unpaired) electrons. The summed E-state index contributed by atoms with van der Waals surface area (Å²) in [7, 11) is 0. The van der Waals surface area contributed by atoms with Gasteiger partial charge in [-0.2, -0.15) is 0 Å². The van der Waals surface area contributed by atoms with E-state index in [1.807, 2.05) is 13.8 Å². The summed E-state index contributed by atoms with van der Waals surface area (Å²) in [5, 5.41) is 11.3. The second-order valence-electron chi connectivity index (χ2n) is 6.51. The Morgan fingerprint density at radius 1 is 1.29 bits per heavy atom. The quantitative estimate of drug-likeness (QED) is 0.787. The number of nitrogens with one attached hydrogen (secondary N) is 1. The van der Waals surface area contributed by atoms with E-state index < -0.39 is 35.5 Å². The highest BCUT2D eigenvalue weighted by Gasteiger charge is 2.24. The Kier molecular flexibility index (Phi) is 7.39. The molecule has 0 unspecified atom stereocenters. The van der Waals surface area contributed by atoms with Crippen LogP contribution < -0.4 is 5.32 Å². The van der Waals surface area contributed by atoms with Crippen LogP contribution in [0, 0.1) is 11.8 Å². The largest absolute Gasteiger partial charge is 0.481 e. The standard InChI is InChI=1S/C15H26FNO4/c1-9(2)7-12(11(16)8-10(3)13(18)19)17-14(20)21-15(4,5)6/h8-10,12H,7H2,1-6H3,(H,17,20)(H,18,19)/b11-8-/t10-,12+/m1/s1. The summed E-state index contributed by atoms with van der Waals surface area (Å²) in [6.07, 6.45) is 0.639. The smallest absolute Gasteiger partial charge is 0.408 e. The van der Waals surface area contributed by atoms with Crippen LogP contribution in [0.3, 0.4) is 0 Å². The van der Waals surface area contributed by atoms with E-state index in [0.29, 0.717) is 6.42 Å². The summed E-state index contributed by atoms with van der Waals surface area (Å²) in [6, 6.07) is -0.887. The van der Waals surface area contributed by atoms with Crippen LogP contribution in [-0.2, 0) is 9.53 Å². The summed E-state index contributed by atoms with van der Waals surface area (Å²) in [5.41, 5.74) is -0.680. The molecule has 0 aliphatic rings. The van der Waals surface area contributed by atoms with Gasteiger partial charge in [0.1, 0.15) is 11.4 Å². The average molecular weight is 303 g/mol. The first-order chi connectivity index (χ1) is 9.42. The van der Waals surface area contributed by atoms with Crippen LogP contribution in [0.1, 0.15) is 48.0 Å². The average Bonchev–Trinajstić information content (AvgIpc) is 2.24. The molecule has 0 aromatic carbocycles. The monoisotopic (exact) mass is 303 g/mol. The van der Waals surface area contributed by atoms with Gasteiger partial charge in [-0.25, -0.2) is 9.18 Å². The van der Waals surface area contributed by atoms with E-state index in [1.54, 1.807) is 20.8 Å². The lowest BCUT2D eigenvalue weighted by atomic mass is 10.0. The minimum Gasteiger partial charge on any atom is -0.481 e. The van der Waals surface area contributed by atoms with Gasteiger partial charge in [0.05, 0.1) is 12.0 Å². The zero-order chi connectivity index (χ0) is 16.8. The van der Waals surface area contributed by atoms with Crippen LogP contribution >= 0.6 is 0 Å². The zero-order valence-electron chi connectivity index (χ0n) is 13.6. The molecule has 0 aromatic heterocycles. The number of carboxylic acid groups (broad SMARTS) is 1. The fourth-order valence-electron chi connectivity index (χ4n) is 1.59. The lowest BCUT2D eigenvalue weighted by molar-refractivity contribution is -0.139. The Bertz CT molecular complexity index is 399. The Balaban J connectivity index is 4.95. The van der Waals surface area contributed by atoms with E-state index in [9.17, 15) is 14.0 Å². The number of aliphatic carboxylic acids is 1. The predicted octanol–water partition coefficient (Wildman–Crippen LogP) is 3.50. The molecule has 0 saturated carbocycles. The fourth-order valence-corrected chi connectivity index (χ4v) is 1.59. The van der Waals surface area contributed by atoms with Gasteiger partial charge in [-0.3, -0.25) is 4.79 Å². The van der Waals surface area contributed by atoms with Crippen molar-refractivity contribution in [1.29, 1.82) is 0 Å². The SMILES string of the molecule is CC(C)C[C@H](NC(=O)OC(C)(C)C)/C(F)=C/[C@@H](C)C(=O)O. The molecule has 2 atom stereocenters. The van der Waals surface area contributed by atoms with Gasteiger partial charge in [-0.1, -0.05) is 13.8 Å². The fraction of sp³-hybridized carbons (Fsp3) is 0.733. The molecule has 6 heteroatoms. The van der Waals surface area contributed by atoms with Crippen molar-refractivity contribution < 1.29 is 23.8 Å². The van der Waals surface area contributed by atoms with Crippen molar-refractivity contribution in [3.8, 4) is 0 Å². The molecule has 0 aromatic rings. The summed E-state index contributed by atoms with van der Waals surface area (Å²) in [5.74, 6) is -2.61. The highest BCUT2D eigenvalue weighted by molar-refractivity contribution is 5.72. The van der Waals surface area contributed by atoms with Crippen molar-refractivity contribution in [1.82, 2.24) is 5.32 Å². The summed E-state index contributed by atoms with van der Waals surface area (Å²) in [6.45, 7) is 10.3. The number of ether oxygens (including phenoxy) is 1. The van der Waals surface area contributed by atoms with E-state index in [4.69, 9.17) is 9.84 Å². The first kappa shape index (κ1) is 19.4. The van der Waals surface area contributed by atoms with Crippen LogP contribution in [0.15, 0.2) is 11.9 Å². The van der Waals surface area contributed by atoms with Gasteiger partial charge in [0.25, 0.3) is 0 Å². The third-order valence-electron chi connectivity index (χ3n) is 2.53. The summed E-state index contributed by atoms with van der Waals surface area (Å²) >= 11 is 0. The topological polar surface area (TPSA) is 75.6 Å². The highest BCUT2D eigenvalue weighted by atomic mass is 19.1. The first-order valence-electron chi connectivity index (χ1n) is 7.02. The maximum absolute atomic E-state index is 14.2. The second kappa shape index (κ2) is 8.00. The summed E-state index contributed by atoms with van der Waals surface area (Å²) in [4.78, 5) is 22.5. The normalized spacial score (nSPS) is 15.5. The van der Waals surface area contributed by atoms with Crippen molar-refractivity contribution in [3.63, 3.8) is 0 Å². The van der Waals surface area contributed by atoms with Crippen LogP contribution in [-0.4, -0.2) is 28.8 Å². The molecule has 0 saturated heterocycles. The van der Waals surface area contributed by atoms with Crippen LogP contribution in [0.4, 0.5) is 9.18 Å². The van der Waals surface area contributed by atoms with E-state index in [1.165, 1.54) is 6.92 Å². The molecule has 122 valence electrons. The number of halogens is 1. The number of alkyl carbamates (subject to hydrolysis) is 1. The van der Waals surface area contributed by atoms with Gasteiger partial charge < -0.3 is 15.2 Å². The van der Waals surface area contributed by atoms with Gasteiger partial charge in [0.15, 0.2) is 0 Å². The Morgan fingerprint density at radius 2 is 1.81 bits per heavy atom. The van der Waals surface area contributed by atoms with Crippen molar-refractivity contribution >= 4 is 12.1 Å². The van der Waals surface area contributed by atoms with Gasteiger partial charge in [-0.05, 0) is 46.1 Å². The molecule has 0 aliphatic heterocycles. The van der Waals surface area contributed by atoms with Gasteiger partial charge in [0.2, 0.25) is 0 Å².